The van der Waals surface area contributed by atoms with Crippen molar-refractivity contribution in [3.05, 3.63) is 102 Å². The van der Waals surface area contributed by atoms with Crippen LogP contribution in [0.5, 0.6) is 0 Å². The summed E-state index contributed by atoms with van der Waals surface area (Å²) in [6, 6.07) is 30.6. The van der Waals surface area contributed by atoms with Gasteiger partial charge in [-0.3, -0.25) is 0 Å². The summed E-state index contributed by atoms with van der Waals surface area (Å²) >= 11 is 0. The lowest BCUT2D eigenvalue weighted by Crippen LogP contribution is -2.08. The summed E-state index contributed by atoms with van der Waals surface area (Å²) in [7, 11) is 4.07. The second kappa shape index (κ2) is 7.61. The number of hydrogen-bond donors (Lipinski definition) is 0. The molecule has 0 atom stereocenters. The van der Waals surface area contributed by atoms with E-state index in [1.807, 2.05) is 38.4 Å². The third-order valence-electron chi connectivity index (χ3n) is 5.85. The Balaban J connectivity index is 1.88. The van der Waals surface area contributed by atoms with Crippen molar-refractivity contribution in [3.63, 3.8) is 0 Å². The average Bonchev–Trinajstić information content (AvgIpc) is 3.16. The van der Waals surface area contributed by atoms with Crippen LogP contribution >= 0.6 is 0 Å². The van der Waals surface area contributed by atoms with Crippen LogP contribution in [0.15, 0.2) is 84.9 Å². The average molecular weight is 412 g/mol. The van der Waals surface area contributed by atoms with Gasteiger partial charge in [0, 0.05) is 47.4 Å². The zero-order chi connectivity index (χ0) is 22.2. The number of anilines is 1. The van der Waals surface area contributed by atoms with Crippen LogP contribution in [0.1, 0.15) is 5.56 Å². The first-order valence-electron chi connectivity index (χ1n) is 10.3. The van der Waals surface area contributed by atoms with Gasteiger partial charge < -0.3 is 9.47 Å². The van der Waals surface area contributed by atoms with Gasteiger partial charge >= 0.3 is 0 Å². The van der Waals surface area contributed by atoms with Gasteiger partial charge in [0.2, 0.25) is 0 Å². The number of rotatable bonds is 3. The molecule has 0 radical (unpaired) electrons. The molecule has 5 rings (SSSR count). The van der Waals surface area contributed by atoms with Gasteiger partial charge in [0.1, 0.15) is 0 Å². The Morgan fingerprint density at radius 2 is 1.56 bits per heavy atom. The molecule has 0 fully saturated rings. The predicted molar refractivity (Wildman–Crippen MR) is 132 cm³/mol. The Morgan fingerprint density at radius 1 is 0.844 bits per heavy atom. The molecule has 0 amide bonds. The smallest absolute Gasteiger partial charge is 0.196 e. The molecule has 0 aliphatic heterocycles. The molecule has 0 bridgehead atoms. The van der Waals surface area contributed by atoms with E-state index in [0.717, 1.165) is 38.7 Å². The second-order valence-corrected chi connectivity index (χ2v) is 7.92. The van der Waals surface area contributed by atoms with Crippen molar-refractivity contribution in [1.29, 1.82) is 5.26 Å². The topological polar surface area (TPSA) is 36.3 Å². The monoisotopic (exact) mass is 412 g/mol. The Bertz CT molecular complexity index is 1530. The summed E-state index contributed by atoms with van der Waals surface area (Å²) in [5.74, 6) is 0. The minimum Gasteiger partial charge on any atom is -0.378 e. The van der Waals surface area contributed by atoms with E-state index in [1.165, 1.54) is 0 Å². The van der Waals surface area contributed by atoms with Gasteiger partial charge in [-0.2, -0.15) is 5.26 Å². The number of hydrogen-bond acceptors (Lipinski definition) is 2. The number of para-hydroxylation sites is 1. The molecular weight excluding hydrogens is 392 g/mol. The van der Waals surface area contributed by atoms with Gasteiger partial charge in [0.25, 0.3) is 0 Å². The molecule has 4 nitrogen and oxygen atoms in total. The Kier molecular flexibility index (Phi) is 4.62. The molecule has 1 aromatic heterocycles. The minimum atomic E-state index is 0.490. The number of fused-ring (bicyclic) bond motifs is 3. The highest BCUT2D eigenvalue weighted by Gasteiger charge is 2.16. The highest BCUT2D eigenvalue weighted by Crippen LogP contribution is 2.39. The molecule has 1 heterocycles. The fourth-order valence-electron chi connectivity index (χ4n) is 4.33. The summed E-state index contributed by atoms with van der Waals surface area (Å²) in [4.78, 5) is 5.77. The molecule has 4 heteroatoms. The molecule has 0 aliphatic rings. The van der Waals surface area contributed by atoms with Crippen molar-refractivity contribution in [1.82, 2.24) is 4.57 Å². The van der Waals surface area contributed by atoms with Crippen LogP contribution < -0.4 is 4.90 Å². The molecule has 0 N–H and O–H groups in total. The standard InChI is InChI=1S/C28H20N4/c1-30-25-11-7-8-20(18-29)28(25)19-12-14-26-23(16-19)24-17-22(31(2)3)13-15-27(24)32(26)21-9-5-4-6-10-21/h4-17H,2-3H3. The fraction of sp³-hybridized carbons (Fsp3) is 0.0714. The van der Waals surface area contributed by atoms with Gasteiger partial charge in [-0.25, -0.2) is 4.85 Å². The normalized spacial score (nSPS) is 10.8. The van der Waals surface area contributed by atoms with E-state index in [1.54, 1.807) is 18.2 Å². The summed E-state index contributed by atoms with van der Waals surface area (Å²) in [5.41, 5.74) is 6.99. The number of aromatic nitrogens is 1. The summed E-state index contributed by atoms with van der Waals surface area (Å²) in [6.07, 6.45) is 0. The van der Waals surface area contributed by atoms with Gasteiger partial charge in [-0.05, 0) is 54.1 Å². The molecule has 0 saturated heterocycles. The van der Waals surface area contributed by atoms with E-state index >= 15 is 0 Å². The number of nitrogens with zero attached hydrogens (tertiary/aromatic N) is 4. The molecule has 0 unspecified atom stereocenters. The Morgan fingerprint density at radius 3 is 2.25 bits per heavy atom. The molecule has 152 valence electrons. The quantitative estimate of drug-likeness (QED) is 0.301. The van der Waals surface area contributed by atoms with Crippen molar-refractivity contribution < 1.29 is 0 Å². The third kappa shape index (κ3) is 2.98. The van der Waals surface area contributed by atoms with Crippen molar-refractivity contribution in [2.75, 3.05) is 19.0 Å². The van der Waals surface area contributed by atoms with E-state index in [2.05, 4.69) is 62.8 Å². The van der Waals surface area contributed by atoms with Gasteiger partial charge in [-0.15, -0.1) is 0 Å². The molecule has 0 spiro atoms. The first kappa shape index (κ1) is 19.4. The maximum absolute atomic E-state index is 9.67. The van der Waals surface area contributed by atoms with Crippen molar-refractivity contribution >= 4 is 33.2 Å². The first-order valence-corrected chi connectivity index (χ1v) is 10.3. The van der Waals surface area contributed by atoms with Crippen molar-refractivity contribution in [2.45, 2.75) is 0 Å². The second-order valence-electron chi connectivity index (χ2n) is 7.92. The third-order valence-corrected chi connectivity index (χ3v) is 5.85. The fourth-order valence-corrected chi connectivity index (χ4v) is 4.33. The Labute approximate surface area is 187 Å². The van der Waals surface area contributed by atoms with E-state index in [-0.39, 0.29) is 0 Å². The van der Waals surface area contributed by atoms with Crippen LogP contribution in [0.25, 0.3) is 43.5 Å². The van der Waals surface area contributed by atoms with Crippen molar-refractivity contribution in [2.24, 2.45) is 0 Å². The molecule has 4 aromatic carbocycles. The van der Waals surface area contributed by atoms with Crippen LogP contribution in [0.3, 0.4) is 0 Å². The van der Waals surface area contributed by atoms with Crippen LogP contribution in [0, 0.1) is 17.9 Å². The summed E-state index contributed by atoms with van der Waals surface area (Å²) < 4.78 is 2.26. The maximum Gasteiger partial charge on any atom is 0.196 e. The maximum atomic E-state index is 9.67. The molecule has 32 heavy (non-hydrogen) atoms. The van der Waals surface area contributed by atoms with Crippen LogP contribution in [-0.2, 0) is 0 Å². The zero-order valence-electron chi connectivity index (χ0n) is 17.9. The summed E-state index contributed by atoms with van der Waals surface area (Å²) in [6.45, 7) is 7.60. The molecule has 5 aromatic rings. The first-order chi connectivity index (χ1) is 15.6. The van der Waals surface area contributed by atoms with Crippen LogP contribution in [0.2, 0.25) is 0 Å². The predicted octanol–water partition coefficient (Wildman–Crippen LogP) is 6.94. The lowest BCUT2D eigenvalue weighted by Gasteiger charge is -2.13. The van der Waals surface area contributed by atoms with E-state index < -0.39 is 0 Å². The van der Waals surface area contributed by atoms with Crippen LogP contribution in [-0.4, -0.2) is 18.7 Å². The number of nitriles is 1. The minimum absolute atomic E-state index is 0.490. The molecule has 0 saturated carbocycles. The van der Waals surface area contributed by atoms with Crippen LogP contribution in [0.4, 0.5) is 11.4 Å². The number of benzene rings is 4. The largest absolute Gasteiger partial charge is 0.378 e. The highest BCUT2D eigenvalue weighted by molar-refractivity contribution is 6.11. The molecule has 0 aliphatic carbocycles. The molecular formula is C28H20N4. The zero-order valence-corrected chi connectivity index (χ0v) is 17.9. The van der Waals surface area contributed by atoms with Gasteiger partial charge in [-0.1, -0.05) is 36.4 Å². The summed E-state index contributed by atoms with van der Waals surface area (Å²) in [5, 5.41) is 11.9. The van der Waals surface area contributed by atoms with E-state index in [4.69, 9.17) is 6.57 Å². The highest BCUT2D eigenvalue weighted by atomic mass is 15.1. The SMILES string of the molecule is [C-]#[N+]c1cccc(C#N)c1-c1ccc2c(c1)c1cc(N(C)C)ccc1n2-c1ccccc1. The lowest BCUT2D eigenvalue weighted by atomic mass is 9.97. The van der Waals surface area contributed by atoms with Gasteiger partial charge in [0.05, 0.1) is 23.7 Å². The Hall–Kier alpha value is -4.54. The van der Waals surface area contributed by atoms with E-state index in [0.29, 0.717) is 16.8 Å². The van der Waals surface area contributed by atoms with E-state index in [9.17, 15) is 5.26 Å². The lowest BCUT2D eigenvalue weighted by molar-refractivity contribution is 1.13. The van der Waals surface area contributed by atoms with Crippen molar-refractivity contribution in [3.8, 4) is 22.9 Å². The van der Waals surface area contributed by atoms with Gasteiger partial charge in [0.15, 0.2) is 5.69 Å².